The van der Waals surface area contributed by atoms with Gasteiger partial charge in [0.05, 0.1) is 12.2 Å². The van der Waals surface area contributed by atoms with Crippen LogP contribution >= 0.6 is 11.3 Å². The second kappa shape index (κ2) is 5.46. The molecule has 0 saturated heterocycles. The molecule has 0 saturated carbocycles. The normalized spacial score (nSPS) is 14.1. The maximum absolute atomic E-state index is 12.3. The Morgan fingerprint density at radius 3 is 3.05 bits per heavy atom. The SMILES string of the molecule is O=C(NCc1cn2ccsc2n1)N1CCc2ccccc2C1. The number of urea groups is 1. The smallest absolute Gasteiger partial charge is 0.318 e. The first-order chi connectivity index (χ1) is 10.8. The molecule has 0 spiro atoms. The summed E-state index contributed by atoms with van der Waals surface area (Å²) in [5, 5.41) is 4.96. The zero-order chi connectivity index (χ0) is 14.9. The number of imidazole rings is 1. The summed E-state index contributed by atoms with van der Waals surface area (Å²) in [6.45, 7) is 1.91. The highest BCUT2D eigenvalue weighted by atomic mass is 32.1. The van der Waals surface area contributed by atoms with Crippen molar-refractivity contribution >= 4 is 22.3 Å². The molecule has 1 aromatic carbocycles. The van der Waals surface area contributed by atoms with Gasteiger partial charge < -0.3 is 10.2 Å². The Morgan fingerprint density at radius 1 is 1.32 bits per heavy atom. The molecule has 0 atom stereocenters. The molecule has 2 aromatic heterocycles. The van der Waals surface area contributed by atoms with Gasteiger partial charge in [-0.15, -0.1) is 11.3 Å². The number of benzene rings is 1. The molecule has 0 unspecified atom stereocenters. The van der Waals surface area contributed by atoms with E-state index >= 15 is 0 Å². The van der Waals surface area contributed by atoms with Crippen molar-refractivity contribution in [3.8, 4) is 0 Å². The maximum Gasteiger partial charge on any atom is 0.318 e. The predicted molar refractivity (Wildman–Crippen MR) is 85.9 cm³/mol. The number of hydrogen-bond acceptors (Lipinski definition) is 3. The number of hydrogen-bond donors (Lipinski definition) is 1. The van der Waals surface area contributed by atoms with E-state index in [9.17, 15) is 4.79 Å². The molecule has 3 heterocycles. The van der Waals surface area contributed by atoms with E-state index in [0.717, 1.165) is 23.6 Å². The summed E-state index contributed by atoms with van der Waals surface area (Å²) in [5.41, 5.74) is 3.48. The molecule has 6 heteroatoms. The third-order valence-electron chi connectivity index (χ3n) is 3.98. The molecule has 0 fully saturated rings. The molecule has 3 aromatic rings. The first-order valence-electron chi connectivity index (χ1n) is 7.30. The molecule has 5 nitrogen and oxygen atoms in total. The summed E-state index contributed by atoms with van der Waals surface area (Å²) in [6, 6.07) is 8.29. The van der Waals surface area contributed by atoms with Crippen molar-refractivity contribution in [2.45, 2.75) is 19.5 Å². The lowest BCUT2D eigenvalue weighted by Crippen LogP contribution is -2.42. The van der Waals surface area contributed by atoms with Crippen LogP contribution in [-0.4, -0.2) is 26.9 Å². The molecule has 1 aliphatic rings. The fourth-order valence-corrected chi connectivity index (χ4v) is 3.53. The predicted octanol–water partition coefficient (Wildman–Crippen LogP) is 2.66. The fourth-order valence-electron chi connectivity index (χ4n) is 2.81. The van der Waals surface area contributed by atoms with Crippen LogP contribution < -0.4 is 5.32 Å². The number of carbonyl (C=O) groups excluding carboxylic acids is 1. The summed E-state index contributed by atoms with van der Waals surface area (Å²) < 4.78 is 1.98. The Bertz CT molecular complexity index is 794. The quantitative estimate of drug-likeness (QED) is 0.791. The second-order valence-corrected chi connectivity index (χ2v) is 6.30. The molecular weight excluding hydrogens is 296 g/mol. The van der Waals surface area contributed by atoms with Gasteiger partial charge in [-0.1, -0.05) is 24.3 Å². The van der Waals surface area contributed by atoms with Gasteiger partial charge in [0.25, 0.3) is 0 Å². The molecular formula is C16H16N4OS. The van der Waals surface area contributed by atoms with Gasteiger partial charge in [-0.3, -0.25) is 4.40 Å². The second-order valence-electron chi connectivity index (χ2n) is 5.42. The van der Waals surface area contributed by atoms with E-state index in [1.165, 1.54) is 11.1 Å². The van der Waals surface area contributed by atoms with E-state index in [0.29, 0.717) is 13.1 Å². The van der Waals surface area contributed by atoms with Crippen molar-refractivity contribution in [2.24, 2.45) is 0 Å². The van der Waals surface area contributed by atoms with E-state index in [2.05, 4.69) is 28.5 Å². The highest BCUT2D eigenvalue weighted by Crippen LogP contribution is 2.18. The van der Waals surface area contributed by atoms with Crippen molar-refractivity contribution < 1.29 is 4.79 Å². The van der Waals surface area contributed by atoms with E-state index in [4.69, 9.17) is 0 Å². The largest absolute Gasteiger partial charge is 0.332 e. The minimum absolute atomic E-state index is 0.0224. The van der Waals surface area contributed by atoms with E-state index in [-0.39, 0.29) is 6.03 Å². The molecule has 0 bridgehead atoms. The number of rotatable bonds is 2. The highest BCUT2D eigenvalue weighted by molar-refractivity contribution is 7.15. The molecule has 0 radical (unpaired) electrons. The topological polar surface area (TPSA) is 49.6 Å². The molecule has 112 valence electrons. The van der Waals surface area contributed by atoms with Crippen molar-refractivity contribution in [1.29, 1.82) is 0 Å². The Hall–Kier alpha value is -2.34. The lowest BCUT2D eigenvalue weighted by atomic mass is 10.0. The van der Waals surface area contributed by atoms with Gasteiger partial charge in [0.1, 0.15) is 0 Å². The summed E-state index contributed by atoms with van der Waals surface area (Å²) >= 11 is 1.59. The molecule has 4 rings (SSSR count). The Labute approximate surface area is 132 Å². The van der Waals surface area contributed by atoms with Gasteiger partial charge in [-0.05, 0) is 17.5 Å². The third kappa shape index (κ3) is 2.46. The average molecular weight is 312 g/mol. The average Bonchev–Trinajstić information content (AvgIpc) is 3.13. The van der Waals surface area contributed by atoms with Crippen LogP contribution in [0.25, 0.3) is 4.96 Å². The standard InChI is InChI=1S/C16H16N4OS/c21-15(17-9-14-11-20-7-8-22-16(20)18-14)19-6-5-12-3-1-2-4-13(12)10-19/h1-4,7-8,11H,5-6,9-10H2,(H,17,21). The molecule has 1 N–H and O–H groups in total. The van der Waals surface area contributed by atoms with Crippen LogP contribution in [-0.2, 0) is 19.5 Å². The minimum Gasteiger partial charge on any atom is -0.332 e. The number of nitrogens with zero attached hydrogens (tertiary/aromatic N) is 3. The van der Waals surface area contributed by atoms with Crippen LogP contribution in [0.2, 0.25) is 0 Å². The Balaban J connectivity index is 1.39. The van der Waals surface area contributed by atoms with Crippen molar-refractivity contribution in [3.05, 3.63) is 58.9 Å². The Morgan fingerprint density at radius 2 is 2.18 bits per heavy atom. The van der Waals surface area contributed by atoms with Crippen molar-refractivity contribution in [3.63, 3.8) is 0 Å². The zero-order valence-corrected chi connectivity index (χ0v) is 12.8. The van der Waals surface area contributed by atoms with Gasteiger partial charge in [-0.2, -0.15) is 0 Å². The fraction of sp³-hybridized carbons (Fsp3) is 0.250. The van der Waals surface area contributed by atoms with Gasteiger partial charge in [-0.25, -0.2) is 9.78 Å². The van der Waals surface area contributed by atoms with Crippen LogP contribution in [0, 0.1) is 0 Å². The Kier molecular flexibility index (Phi) is 3.31. The lowest BCUT2D eigenvalue weighted by Gasteiger charge is -2.28. The molecule has 0 aliphatic carbocycles. The van der Waals surface area contributed by atoms with Crippen LogP contribution in [0.15, 0.2) is 42.0 Å². The zero-order valence-electron chi connectivity index (χ0n) is 12.0. The summed E-state index contributed by atoms with van der Waals surface area (Å²) in [4.78, 5) is 19.6. The number of nitrogens with one attached hydrogen (secondary N) is 1. The van der Waals surface area contributed by atoms with E-state index in [1.54, 1.807) is 11.3 Å². The van der Waals surface area contributed by atoms with Crippen LogP contribution in [0.1, 0.15) is 16.8 Å². The summed E-state index contributed by atoms with van der Waals surface area (Å²) in [6.07, 6.45) is 4.85. The maximum atomic E-state index is 12.3. The number of thiazole rings is 1. The lowest BCUT2D eigenvalue weighted by molar-refractivity contribution is 0.192. The van der Waals surface area contributed by atoms with Crippen LogP contribution in [0.5, 0.6) is 0 Å². The minimum atomic E-state index is -0.0224. The van der Waals surface area contributed by atoms with Crippen LogP contribution in [0.3, 0.4) is 0 Å². The molecule has 2 amide bonds. The van der Waals surface area contributed by atoms with Crippen molar-refractivity contribution in [1.82, 2.24) is 19.6 Å². The van der Waals surface area contributed by atoms with Gasteiger partial charge >= 0.3 is 6.03 Å². The number of amides is 2. The van der Waals surface area contributed by atoms with Gasteiger partial charge in [0, 0.05) is 30.9 Å². The van der Waals surface area contributed by atoms with E-state index < -0.39 is 0 Å². The monoisotopic (exact) mass is 312 g/mol. The highest BCUT2D eigenvalue weighted by Gasteiger charge is 2.20. The van der Waals surface area contributed by atoms with E-state index in [1.807, 2.05) is 33.1 Å². The first kappa shape index (κ1) is 13.3. The third-order valence-corrected chi connectivity index (χ3v) is 4.75. The number of fused-ring (bicyclic) bond motifs is 2. The number of carbonyl (C=O) groups is 1. The molecule has 1 aliphatic heterocycles. The van der Waals surface area contributed by atoms with Gasteiger partial charge in [0.15, 0.2) is 4.96 Å². The van der Waals surface area contributed by atoms with Gasteiger partial charge in [0.2, 0.25) is 0 Å². The summed E-state index contributed by atoms with van der Waals surface area (Å²) in [5.74, 6) is 0. The van der Waals surface area contributed by atoms with Crippen molar-refractivity contribution in [2.75, 3.05) is 6.54 Å². The van der Waals surface area contributed by atoms with Crippen LogP contribution in [0.4, 0.5) is 4.79 Å². The first-order valence-corrected chi connectivity index (χ1v) is 8.18. The molecule has 22 heavy (non-hydrogen) atoms. The summed E-state index contributed by atoms with van der Waals surface area (Å²) in [7, 11) is 0. The number of aromatic nitrogens is 2.